The minimum absolute atomic E-state index is 0.281. The second-order valence-corrected chi connectivity index (χ2v) is 6.53. The largest absolute Gasteiger partial charge is 0.368 e. The minimum Gasteiger partial charge on any atom is -0.368 e. The second-order valence-electron chi connectivity index (χ2n) is 6.53. The molecule has 4 nitrogen and oxygen atoms in total. The predicted molar refractivity (Wildman–Crippen MR) is 77.5 cm³/mol. The van der Waals surface area contributed by atoms with Gasteiger partial charge < -0.3 is 16.4 Å². The molecule has 1 amide bonds. The number of primary amides is 1. The minimum atomic E-state index is -0.739. The van der Waals surface area contributed by atoms with Crippen LogP contribution in [0.1, 0.15) is 51.9 Å². The summed E-state index contributed by atoms with van der Waals surface area (Å²) in [6.07, 6.45) is 7.87. The Bertz CT molecular complexity index is 317. The van der Waals surface area contributed by atoms with Gasteiger partial charge in [-0.15, -0.1) is 0 Å². The molecule has 4 heteroatoms. The third-order valence-corrected chi connectivity index (χ3v) is 4.88. The summed E-state index contributed by atoms with van der Waals surface area (Å²) in [6, 6.07) is 0. The van der Waals surface area contributed by atoms with Gasteiger partial charge in [0.25, 0.3) is 0 Å². The highest BCUT2D eigenvalue weighted by Gasteiger charge is 2.44. The van der Waals surface area contributed by atoms with Crippen molar-refractivity contribution in [2.75, 3.05) is 19.6 Å². The Labute approximate surface area is 116 Å². The molecule has 0 bridgehead atoms. The molecule has 0 saturated heterocycles. The lowest BCUT2D eigenvalue weighted by atomic mass is 9.85. The van der Waals surface area contributed by atoms with E-state index in [2.05, 4.69) is 11.8 Å². The molecule has 0 spiro atoms. The van der Waals surface area contributed by atoms with Gasteiger partial charge in [-0.25, -0.2) is 0 Å². The maximum Gasteiger partial charge on any atom is 0.237 e. The molecule has 2 saturated carbocycles. The van der Waals surface area contributed by atoms with E-state index in [-0.39, 0.29) is 11.8 Å². The van der Waals surface area contributed by atoms with Crippen LogP contribution < -0.4 is 11.5 Å². The molecule has 0 aliphatic heterocycles. The van der Waals surface area contributed by atoms with Crippen LogP contribution in [0, 0.1) is 11.8 Å². The zero-order valence-corrected chi connectivity index (χ0v) is 12.2. The van der Waals surface area contributed by atoms with Crippen molar-refractivity contribution in [1.29, 1.82) is 0 Å². The van der Waals surface area contributed by atoms with Crippen LogP contribution in [0.3, 0.4) is 0 Å². The number of hydrogen-bond donors (Lipinski definition) is 2. The normalized spacial score (nSPS) is 31.0. The number of hydrogen-bond acceptors (Lipinski definition) is 3. The molecule has 0 aromatic carbocycles. The first-order valence-electron chi connectivity index (χ1n) is 7.87. The van der Waals surface area contributed by atoms with Crippen molar-refractivity contribution >= 4 is 5.91 Å². The molecule has 2 unspecified atom stereocenters. The van der Waals surface area contributed by atoms with Gasteiger partial charge >= 0.3 is 0 Å². The molecule has 2 aliphatic carbocycles. The Morgan fingerprint density at radius 1 is 1.32 bits per heavy atom. The van der Waals surface area contributed by atoms with Crippen LogP contribution in [-0.2, 0) is 4.79 Å². The summed E-state index contributed by atoms with van der Waals surface area (Å²) in [5, 5.41) is 0. The van der Waals surface area contributed by atoms with E-state index in [1.54, 1.807) is 0 Å². The van der Waals surface area contributed by atoms with Crippen LogP contribution in [0.4, 0.5) is 0 Å². The lowest BCUT2D eigenvalue weighted by molar-refractivity contribution is -0.124. The van der Waals surface area contributed by atoms with Gasteiger partial charge in [-0.1, -0.05) is 13.3 Å². The van der Waals surface area contributed by atoms with Gasteiger partial charge in [-0.3, -0.25) is 4.79 Å². The van der Waals surface area contributed by atoms with Crippen LogP contribution in [0.2, 0.25) is 0 Å². The quantitative estimate of drug-likeness (QED) is 0.699. The molecule has 0 aromatic heterocycles. The average molecular weight is 267 g/mol. The number of carbonyl (C=O) groups excluding carboxylic acids is 1. The van der Waals surface area contributed by atoms with Crippen LogP contribution in [-0.4, -0.2) is 36.0 Å². The van der Waals surface area contributed by atoms with E-state index < -0.39 is 5.54 Å². The van der Waals surface area contributed by atoms with Gasteiger partial charge in [0, 0.05) is 6.54 Å². The third-order valence-electron chi connectivity index (χ3n) is 4.88. The summed E-state index contributed by atoms with van der Waals surface area (Å²) in [4.78, 5) is 14.1. The fraction of sp³-hybridized carbons (Fsp3) is 0.933. The Morgan fingerprint density at radius 2 is 2.05 bits per heavy atom. The first-order chi connectivity index (χ1) is 9.06. The summed E-state index contributed by atoms with van der Waals surface area (Å²) >= 11 is 0. The molecule has 0 aromatic rings. The standard InChI is InChI=1S/C15H29N3O/c1-2-9-18(11-12-5-6-12)10-7-13-4-3-8-15(13,17)14(16)19/h12-13H,2-11,17H2,1H3,(H2,16,19). The Kier molecular flexibility index (Phi) is 4.85. The number of carbonyl (C=O) groups is 1. The average Bonchev–Trinajstić information content (AvgIpc) is 3.09. The molecule has 2 atom stereocenters. The summed E-state index contributed by atoms with van der Waals surface area (Å²) in [5.41, 5.74) is 11.0. The molecular weight excluding hydrogens is 238 g/mol. The predicted octanol–water partition coefficient (Wildman–Crippen LogP) is 1.48. The maximum absolute atomic E-state index is 11.6. The molecule has 2 rings (SSSR count). The van der Waals surface area contributed by atoms with E-state index in [0.29, 0.717) is 0 Å². The highest BCUT2D eigenvalue weighted by Crippen LogP contribution is 2.36. The van der Waals surface area contributed by atoms with Crippen LogP contribution in [0.15, 0.2) is 0 Å². The third kappa shape index (κ3) is 3.69. The fourth-order valence-electron chi connectivity index (χ4n) is 3.44. The zero-order chi connectivity index (χ0) is 13.9. The molecule has 0 heterocycles. The summed E-state index contributed by atoms with van der Waals surface area (Å²) in [7, 11) is 0. The Hall–Kier alpha value is -0.610. The van der Waals surface area contributed by atoms with E-state index in [4.69, 9.17) is 11.5 Å². The first-order valence-corrected chi connectivity index (χ1v) is 7.87. The molecule has 19 heavy (non-hydrogen) atoms. The smallest absolute Gasteiger partial charge is 0.237 e. The summed E-state index contributed by atoms with van der Waals surface area (Å²) in [6.45, 7) is 5.69. The number of amides is 1. The van der Waals surface area contributed by atoms with E-state index in [0.717, 1.165) is 44.7 Å². The van der Waals surface area contributed by atoms with Gasteiger partial charge in [0.1, 0.15) is 0 Å². The Morgan fingerprint density at radius 3 is 2.63 bits per heavy atom. The highest BCUT2D eigenvalue weighted by molar-refractivity contribution is 5.85. The SMILES string of the molecule is CCCN(CCC1CCCC1(N)C(N)=O)CC1CC1. The van der Waals surface area contributed by atoms with Crippen LogP contribution >= 0.6 is 0 Å². The van der Waals surface area contributed by atoms with Crippen molar-refractivity contribution in [3.05, 3.63) is 0 Å². The van der Waals surface area contributed by atoms with Crippen LogP contribution in [0.25, 0.3) is 0 Å². The van der Waals surface area contributed by atoms with Crippen molar-refractivity contribution in [3.63, 3.8) is 0 Å². The maximum atomic E-state index is 11.6. The van der Waals surface area contributed by atoms with Gasteiger partial charge in [0.05, 0.1) is 5.54 Å². The van der Waals surface area contributed by atoms with Crippen molar-refractivity contribution < 1.29 is 4.79 Å². The fourth-order valence-corrected chi connectivity index (χ4v) is 3.44. The first kappa shape index (κ1) is 14.8. The van der Waals surface area contributed by atoms with E-state index >= 15 is 0 Å². The van der Waals surface area contributed by atoms with Gasteiger partial charge in [0.15, 0.2) is 0 Å². The van der Waals surface area contributed by atoms with Crippen molar-refractivity contribution in [2.45, 2.75) is 57.4 Å². The lowest BCUT2D eigenvalue weighted by Crippen LogP contribution is -2.55. The lowest BCUT2D eigenvalue weighted by Gasteiger charge is -2.30. The number of rotatable bonds is 8. The topological polar surface area (TPSA) is 72.3 Å². The van der Waals surface area contributed by atoms with Gasteiger partial charge in [0.2, 0.25) is 5.91 Å². The summed E-state index contributed by atoms with van der Waals surface area (Å²) < 4.78 is 0. The van der Waals surface area contributed by atoms with E-state index in [1.165, 1.54) is 25.8 Å². The number of nitrogens with two attached hydrogens (primary N) is 2. The second kappa shape index (κ2) is 6.23. The highest BCUT2D eigenvalue weighted by atomic mass is 16.1. The van der Waals surface area contributed by atoms with Crippen molar-refractivity contribution in [2.24, 2.45) is 23.3 Å². The molecule has 4 N–H and O–H groups in total. The van der Waals surface area contributed by atoms with Crippen LogP contribution in [0.5, 0.6) is 0 Å². The number of nitrogens with zero attached hydrogens (tertiary/aromatic N) is 1. The molecule has 2 aliphatic rings. The van der Waals surface area contributed by atoms with E-state index in [1.807, 2.05) is 0 Å². The monoisotopic (exact) mass is 267 g/mol. The zero-order valence-electron chi connectivity index (χ0n) is 12.2. The van der Waals surface area contributed by atoms with E-state index in [9.17, 15) is 4.79 Å². The molecule has 0 radical (unpaired) electrons. The molecule has 110 valence electrons. The molecule has 2 fully saturated rings. The van der Waals surface area contributed by atoms with Crippen molar-refractivity contribution in [1.82, 2.24) is 4.90 Å². The van der Waals surface area contributed by atoms with Gasteiger partial charge in [-0.2, -0.15) is 0 Å². The summed E-state index contributed by atoms with van der Waals surface area (Å²) in [5.74, 6) is 0.900. The Balaban J connectivity index is 1.83. The molecular formula is C15H29N3O. The van der Waals surface area contributed by atoms with Crippen molar-refractivity contribution in [3.8, 4) is 0 Å². The van der Waals surface area contributed by atoms with Gasteiger partial charge in [-0.05, 0) is 63.5 Å².